The van der Waals surface area contributed by atoms with E-state index in [0.29, 0.717) is 18.3 Å². The molecule has 1 aromatic heterocycles. The summed E-state index contributed by atoms with van der Waals surface area (Å²) in [6, 6.07) is 3.20. The molecule has 1 aromatic rings. The Labute approximate surface area is 107 Å². The van der Waals surface area contributed by atoms with Crippen LogP contribution < -0.4 is 5.32 Å². The molecule has 0 bridgehead atoms. The van der Waals surface area contributed by atoms with Crippen LogP contribution in [0.2, 0.25) is 0 Å². The average Bonchev–Trinajstić information content (AvgIpc) is 2.81. The first-order valence-corrected chi connectivity index (χ1v) is 7.93. The van der Waals surface area contributed by atoms with Gasteiger partial charge < -0.3 is 10.1 Å². The third-order valence-electron chi connectivity index (χ3n) is 3.04. The van der Waals surface area contributed by atoms with Crippen molar-refractivity contribution in [2.45, 2.75) is 17.7 Å². The van der Waals surface area contributed by atoms with Gasteiger partial charge in [-0.15, -0.1) is 0 Å². The van der Waals surface area contributed by atoms with E-state index in [1.165, 1.54) is 6.26 Å². The molecule has 0 spiro atoms. The van der Waals surface area contributed by atoms with E-state index in [4.69, 9.17) is 4.74 Å². The molecule has 1 fully saturated rings. The zero-order valence-corrected chi connectivity index (χ0v) is 11.2. The molecule has 1 saturated heterocycles. The van der Waals surface area contributed by atoms with Crippen LogP contribution in [0, 0.1) is 5.92 Å². The fourth-order valence-electron chi connectivity index (χ4n) is 2.03. The molecule has 5 nitrogen and oxygen atoms in total. The van der Waals surface area contributed by atoms with E-state index in [9.17, 15) is 8.42 Å². The van der Waals surface area contributed by atoms with Crippen LogP contribution in [0.25, 0.3) is 0 Å². The summed E-state index contributed by atoms with van der Waals surface area (Å²) < 4.78 is 28.4. The maximum Gasteiger partial charge on any atom is 0.179 e. The van der Waals surface area contributed by atoms with Crippen LogP contribution in [-0.2, 0) is 14.6 Å². The molecule has 1 atom stereocenters. The van der Waals surface area contributed by atoms with Gasteiger partial charge in [0.1, 0.15) is 10.7 Å². The molecule has 0 aliphatic carbocycles. The summed E-state index contributed by atoms with van der Waals surface area (Å²) in [5.41, 5.74) is 0. The first-order valence-electron chi connectivity index (χ1n) is 6.04. The van der Waals surface area contributed by atoms with Gasteiger partial charge in [-0.25, -0.2) is 13.4 Å². The molecule has 1 aliphatic heterocycles. The Morgan fingerprint density at radius 1 is 1.56 bits per heavy atom. The van der Waals surface area contributed by atoms with Crippen LogP contribution in [0.3, 0.4) is 0 Å². The Morgan fingerprint density at radius 2 is 2.39 bits per heavy atom. The van der Waals surface area contributed by atoms with Crippen LogP contribution in [0.1, 0.15) is 12.8 Å². The number of ether oxygens (including phenoxy) is 1. The second-order valence-corrected chi connectivity index (χ2v) is 6.55. The van der Waals surface area contributed by atoms with E-state index in [1.807, 2.05) is 0 Å². The molecule has 0 amide bonds. The highest BCUT2D eigenvalue weighted by molar-refractivity contribution is 7.90. The van der Waals surface area contributed by atoms with Gasteiger partial charge in [0.25, 0.3) is 0 Å². The van der Waals surface area contributed by atoms with E-state index < -0.39 is 9.84 Å². The lowest BCUT2D eigenvalue weighted by molar-refractivity contribution is 0.185. The maximum atomic E-state index is 11.6. The first kappa shape index (κ1) is 13.3. The van der Waals surface area contributed by atoms with Crippen LogP contribution in [0.4, 0.5) is 5.82 Å². The van der Waals surface area contributed by atoms with Crippen LogP contribution >= 0.6 is 0 Å². The summed E-state index contributed by atoms with van der Waals surface area (Å²) in [6.07, 6.45) is 4.85. The van der Waals surface area contributed by atoms with Crippen molar-refractivity contribution in [1.29, 1.82) is 0 Å². The van der Waals surface area contributed by atoms with Gasteiger partial charge in [-0.2, -0.15) is 0 Å². The van der Waals surface area contributed by atoms with Gasteiger partial charge in [-0.05, 0) is 30.9 Å². The first-order chi connectivity index (χ1) is 8.57. The van der Waals surface area contributed by atoms with E-state index in [-0.39, 0.29) is 4.90 Å². The molecule has 1 N–H and O–H groups in total. The Hall–Kier alpha value is -1.14. The monoisotopic (exact) mass is 270 g/mol. The largest absolute Gasteiger partial charge is 0.381 e. The van der Waals surface area contributed by atoms with Gasteiger partial charge in [-0.1, -0.05) is 0 Å². The summed E-state index contributed by atoms with van der Waals surface area (Å²) >= 11 is 0. The number of aromatic nitrogens is 1. The number of nitrogens with zero attached hydrogens (tertiary/aromatic N) is 1. The van der Waals surface area contributed by atoms with Gasteiger partial charge in [0.2, 0.25) is 0 Å². The van der Waals surface area contributed by atoms with Crippen molar-refractivity contribution >= 4 is 15.7 Å². The number of hydrogen-bond donors (Lipinski definition) is 1. The van der Waals surface area contributed by atoms with Crippen LogP contribution in [0.15, 0.2) is 23.2 Å². The SMILES string of the molecule is CS(=O)(=O)c1cccnc1NCCC1CCOC1. The van der Waals surface area contributed by atoms with Crippen molar-refractivity contribution in [1.82, 2.24) is 4.98 Å². The van der Waals surface area contributed by atoms with Crippen LogP contribution in [0.5, 0.6) is 0 Å². The third-order valence-corrected chi connectivity index (χ3v) is 4.17. The molecule has 2 heterocycles. The minimum Gasteiger partial charge on any atom is -0.381 e. The number of anilines is 1. The van der Waals surface area contributed by atoms with Crippen molar-refractivity contribution in [2.75, 3.05) is 31.3 Å². The van der Waals surface area contributed by atoms with Crippen LogP contribution in [-0.4, -0.2) is 39.4 Å². The zero-order valence-electron chi connectivity index (χ0n) is 10.4. The average molecular weight is 270 g/mol. The third kappa shape index (κ3) is 3.43. The Morgan fingerprint density at radius 3 is 3.06 bits per heavy atom. The molecule has 1 unspecified atom stereocenters. The number of pyridine rings is 1. The molecule has 0 radical (unpaired) electrons. The zero-order chi connectivity index (χ0) is 13.0. The summed E-state index contributed by atoms with van der Waals surface area (Å²) in [4.78, 5) is 4.34. The minimum atomic E-state index is -3.23. The van der Waals surface area contributed by atoms with Crippen molar-refractivity contribution in [3.05, 3.63) is 18.3 Å². The van der Waals surface area contributed by atoms with Crippen molar-refractivity contribution < 1.29 is 13.2 Å². The molecule has 0 saturated carbocycles. The predicted octanol–water partition coefficient (Wildman–Crippen LogP) is 1.32. The quantitative estimate of drug-likeness (QED) is 0.874. The smallest absolute Gasteiger partial charge is 0.179 e. The topological polar surface area (TPSA) is 68.3 Å². The van der Waals surface area contributed by atoms with Gasteiger partial charge >= 0.3 is 0 Å². The Kier molecular flexibility index (Phi) is 4.19. The Balaban J connectivity index is 1.96. The number of hydrogen-bond acceptors (Lipinski definition) is 5. The lowest BCUT2D eigenvalue weighted by Crippen LogP contribution is -2.12. The summed E-state index contributed by atoms with van der Waals surface area (Å²) in [7, 11) is -3.23. The van der Waals surface area contributed by atoms with Crippen molar-refractivity contribution in [3.8, 4) is 0 Å². The molecule has 18 heavy (non-hydrogen) atoms. The lowest BCUT2D eigenvalue weighted by atomic mass is 10.1. The predicted molar refractivity (Wildman–Crippen MR) is 69.4 cm³/mol. The summed E-state index contributed by atoms with van der Waals surface area (Å²) in [6.45, 7) is 2.36. The minimum absolute atomic E-state index is 0.257. The molecule has 1 aliphatic rings. The molecule has 6 heteroatoms. The highest BCUT2D eigenvalue weighted by Crippen LogP contribution is 2.19. The van der Waals surface area contributed by atoms with Gasteiger partial charge in [0.05, 0.1) is 0 Å². The summed E-state index contributed by atoms with van der Waals surface area (Å²) in [5.74, 6) is 1.02. The molecule has 2 rings (SSSR count). The fourth-order valence-corrected chi connectivity index (χ4v) is 2.83. The highest BCUT2D eigenvalue weighted by Gasteiger charge is 2.16. The molecule has 0 aromatic carbocycles. The van der Waals surface area contributed by atoms with E-state index in [1.54, 1.807) is 18.3 Å². The number of sulfone groups is 1. The maximum absolute atomic E-state index is 11.6. The van der Waals surface area contributed by atoms with Crippen molar-refractivity contribution in [3.63, 3.8) is 0 Å². The highest BCUT2D eigenvalue weighted by atomic mass is 32.2. The van der Waals surface area contributed by atoms with Crippen molar-refractivity contribution in [2.24, 2.45) is 5.92 Å². The van der Waals surface area contributed by atoms with Gasteiger partial charge in [-0.3, -0.25) is 0 Å². The number of nitrogens with one attached hydrogen (secondary N) is 1. The number of rotatable bonds is 5. The van der Waals surface area contributed by atoms with E-state index in [2.05, 4.69) is 10.3 Å². The van der Waals surface area contributed by atoms with E-state index >= 15 is 0 Å². The summed E-state index contributed by atoms with van der Waals surface area (Å²) in [5, 5.41) is 3.10. The van der Waals surface area contributed by atoms with Gasteiger partial charge in [0, 0.05) is 32.2 Å². The normalized spacial score (nSPS) is 19.9. The second kappa shape index (κ2) is 5.67. The fraction of sp³-hybridized carbons (Fsp3) is 0.583. The molecule has 100 valence electrons. The second-order valence-electron chi connectivity index (χ2n) is 4.57. The lowest BCUT2D eigenvalue weighted by Gasteiger charge is -2.11. The molecular formula is C12H18N2O3S. The Bertz CT molecular complexity index is 496. The molecular weight excluding hydrogens is 252 g/mol. The standard InChI is InChI=1S/C12H18N2O3S/c1-18(15,16)11-3-2-6-13-12(11)14-7-4-10-5-8-17-9-10/h2-3,6,10H,4-5,7-9H2,1H3,(H,13,14). The van der Waals surface area contributed by atoms with E-state index in [0.717, 1.165) is 26.1 Å². The van der Waals surface area contributed by atoms with Gasteiger partial charge in [0.15, 0.2) is 9.84 Å².